The van der Waals surface area contributed by atoms with Gasteiger partial charge < -0.3 is 4.74 Å². The number of methoxy groups -OCH3 is 1. The topological polar surface area (TPSA) is 9.23 Å². The van der Waals surface area contributed by atoms with Crippen molar-refractivity contribution in [3.8, 4) is 0 Å². The SMILES string of the molecule is COCCCCP. The van der Waals surface area contributed by atoms with Gasteiger partial charge in [-0.15, -0.1) is 9.24 Å². The molecule has 0 spiro atoms. The summed E-state index contributed by atoms with van der Waals surface area (Å²) in [6.45, 7) is 0.911. The average Bonchev–Trinajstić information content (AvgIpc) is 1.69. The van der Waals surface area contributed by atoms with Crippen LogP contribution < -0.4 is 0 Å². The second-order valence-corrected chi connectivity index (χ2v) is 2.07. The molecule has 0 aromatic carbocycles. The summed E-state index contributed by atoms with van der Waals surface area (Å²) in [5, 5.41) is 0. The van der Waals surface area contributed by atoms with Gasteiger partial charge in [-0.1, -0.05) is 0 Å². The Labute approximate surface area is 47.6 Å². The quantitative estimate of drug-likeness (QED) is 0.401. The molecule has 1 atom stereocenters. The molecule has 0 amide bonds. The van der Waals surface area contributed by atoms with Gasteiger partial charge in [0.1, 0.15) is 0 Å². The molecular formula is C5H13OP. The highest BCUT2D eigenvalue weighted by molar-refractivity contribution is 7.16. The molecule has 0 aromatic rings. The summed E-state index contributed by atoms with van der Waals surface area (Å²) in [7, 11) is 4.43. The number of rotatable bonds is 4. The number of unbranched alkanes of at least 4 members (excludes halogenated alkanes) is 1. The molecule has 0 saturated carbocycles. The summed E-state index contributed by atoms with van der Waals surface area (Å²) in [6.07, 6.45) is 3.65. The Morgan fingerprint density at radius 1 is 1.43 bits per heavy atom. The van der Waals surface area contributed by atoms with E-state index in [1.807, 2.05) is 0 Å². The van der Waals surface area contributed by atoms with Crippen LogP contribution in [-0.2, 0) is 4.74 Å². The van der Waals surface area contributed by atoms with E-state index in [1.165, 1.54) is 19.0 Å². The van der Waals surface area contributed by atoms with Gasteiger partial charge in [0.15, 0.2) is 0 Å². The monoisotopic (exact) mass is 120 g/mol. The van der Waals surface area contributed by atoms with Crippen LogP contribution in [0.25, 0.3) is 0 Å². The van der Waals surface area contributed by atoms with Crippen LogP contribution in [0.3, 0.4) is 0 Å². The lowest BCUT2D eigenvalue weighted by molar-refractivity contribution is 0.194. The second kappa shape index (κ2) is 6.39. The fourth-order valence-electron chi connectivity index (χ4n) is 0.391. The molecule has 0 aromatic heterocycles. The highest BCUT2D eigenvalue weighted by atomic mass is 31.0. The summed E-state index contributed by atoms with van der Waals surface area (Å²) in [5.41, 5.74) is 0. The molecule has 0 aliphatic rings. The average molecular weight is 120 g/mol. The molecule has 0 heterocycles. The third-order valence-corrected chi connectivity index (χ3v) is 1.21. The van der Waals surface area contributed by atoms with Crippen LogP contribution in [0.5, 0.6) is 0 Å². The summed E-state index contributed by atoms with van der Waals surface area (Å²) in [6, 6.07) is 0. The molecule has 0 aliphatic carbocycles. The van der Waals surface area contributed by atoms with Gasteiger partial charge in [-0.05, 0) is 19.0 Å². The Balaban J connectivity index is 2.45. The molecule has 7 heavy (non-hydrogen) atoms. The smallest absolute Gasteiger partial charge is 0.0462 e. The first-order valence-corrected chi connectivity index (χ1v) is 3.42. The van der Waals surface area contributed by atoms with Crippen LogP contribution in [-0.4, -0.2) is 19.9 Å². The Kier molecular flexibility index (Phi) is 6.75. The van der Waals surface area contributed by atoms with Gasteiger partial charge in [0.2, 0.25) is 0 Å². The lowest BCUT2D eigenvalue weighted by atomic mass is 10.4. The molecule has 0 fully saturated rings. The minimum atomic E-state index is 0.911. The largest absolute Gasteiger partial charge is 0.385 e. The van der Waals surface area contributed by atoms with Crippen LogP contribution in [0.1, 0.15) is 12.8 Å². The fourth-order valence-corrected chi connectivity index (χ4v) is 0.679. The van der Waals surface area contributed by atoms with E-state index in [4.69, 9.17) is 4.74 Å². The van der Waals surface area contributed by atoms with Crippen molar-refractivity contribution < 1.29 is 4.74 Å². The second-order valence-electron chi connectivity index (χ2n) is 1.49. The highest BCUT2D eigenvalue weighted by Gasteiger charge is 1.79. The van der Waals surface area contributed by atoms with Crippen molar-refractivity contribution in [2.24, 2.45) is 0 Å². The van der Waals surface area contributed by atoms with E-state index in [0.29, 0.717) is 0 Å². The molecule has 0 bridgehead atoms. The molecule has 0 N–H and O–H groups in total. The summed E-state index contributed by atoms with van der Waals surface area (Å²) in [4.78, 5) is 0. The first-order valence-electron chi connectivity index (χ1n) is 2.61. The van der Waals surface area contributed by atoms with Crippen molar-refractivity contribution in [3.05, 3.63) is 0 Å². The van der Waals surface area contributed by atoms with Crippen molar-refractivity contribution in [1.82, 2.24) is 0 Å². The van der Waals surface area contributed by atoms with E-state index in [1.54, 1.807) is 7.11 Å². The van der Waals surface area contributed by atoms with Gasteiger partial charge in [0.25, 0.3) is 0 Å². The molecule has 44 valence electrons. The molecular weight excluding hydrogens is 107 g/mol. The lowest BCUT2D eigenvalue weighted by Crippen LogP contribution is -1.87. The van der Waals surface area contributed by atoms with Crippen LogP contribution in [0.2, 0.25) is 0 Å². The normalized spacial score (nSPS) is 9.43. The predicted octanol–water partition coefficient (Wildman–Crippen LogP) is 1.29. The minimum Gasteiger partial charge on any atom is -0.385 e. The minimum absolute atomic E-state index is 0.911. The predicted molar refractivity (Wildman–Crippen MR) is 35.7 cm³/mol. The van der Waals surface area contributed by atoms with Gasteiger partial charge in [-0.25, -0.2) is 0 Å². The zero-order valence-corrected chi connectivity index (χ0v) is 5.97. The van der Waals surface area contributed by atoms with Crippen LogP contribution >= 0.6 is 9.24 Å². The van der Waals surface area contributed by atoms with Crippen molar-refractivity contribution >= 4 is 9.24 Å². The maximum absolute atomic E-state index is 4.83. The van der Waals surface area contributed by atoms with Crippen molar-refractivity contribution in [2.45, 2.75) is 12.8 Å². The van der Waals surface area contributed by atoms with E-state index >= 15 is 0 Å². The van der Waals surface area contributed by atoms with Crippen molar-refractivity contribution in [3.63, 3.8) is 0 Å². The van der Waals surface area contributed by atoms with Crippen LogP contribution in [0.15, 0.2) is 0 Å². The molecule has 0 aliphatic heterocycles. The highest BCUT2D eigenvalue weighted by Crippen LogP contribution is 1.92. The van der Waals surface area contributed by atoms with Crippen molar-refractivity contribution in [2.75, 3.05) is 19.9 Å². The number of hydrogen-bond donors (Lipinski definition) is 0. The molecule has 2 heteroatoms. The molecule has 0 saturated heterocycles. The van der Waals surface area contributed by atoms with Crippen LogP contribution in [0, 0.1) is 0 Å². The van der Waals surface area contributed by atoms with E-state index < -0.39 is 0 Å². The first kappa shape index (κ1) is 7.39. The zero-order chi connectivity index (χ0) is 5.54. The Bertz CT molecular complexity index is 27.3. The molecule has 0 radical (unpaired) electrons. The maximum Gasteiger partial charge on any atom is 0.0462 e. The summed E-state index contributed by atoms with van der Waals surface area (Å²) in [5.74, 6) is 0. The maximum atomic E-state index is 4.83. The van der Waals surface area contributed by atoms with Gasteiger partial charge in [-0.3, -0.25) is 0 Å². The van der Waals surface area contributed by atoms with E-state index in [9.17, 15) is 0 Å². The first-order chi connectivity index (χ1) is 3.41. The lowest BCUT2D eigenvalue weighted by Gasteiger charge is -1.92. The fraction of sp³-hybridized carbons (Fsp3) is 1.00. The van der Waals surface area contributed by atoms with E-state index in [2.05, 4.69) is 9.24 Å². The van der Waals surface area contributed by atoms with E-state index in [-0.39, 0.29) is 0 Å². The van der Waals surface area contributed by atoms with Gasteiger partial charge in [0.05, 0.1) is 0 Å². The molecule has 0 rings (SSSR count). The summed E-state index contributed by atoms with van der Waals surface area (Å²) < 4.78 is 4.83. The van der Waals surface area contributed by atoms with Crippen LogP contribution in [0.4, 0.5) is 0 Å². The van der Waals surface area contributed by atoms with Crippen molar-refractivity contribution in [1.29, 1.82) is 0 Å². The number of ether oxygens (including phenoxy) is 1. The standard InChI is InChI=1S/C5H13OP/c1-6-4-2-3-5-7/h2-5,7H2,1H3. The Morgan fingerprint density at radius 3 is 2.57 bits per heavy atom. The van der Waals surface area contributed by atoms with E-state index in [0.717, 1.165) is 6.61 Å². The van der Waals surface area contributed by atoms with Gasteiger partial charge in [-0.2, -0.15) is 0 Å². The van der Waals surface area contributed by atoms with Gasteiger partial charge >= 0.3 is 0 Å². The summed E-state index contributed by atoms with van der Waals surface area (Å²) >= 11 is 0. The van der Waals surface area contributed by atoms with Gasteiger partial charge in [0, 0.05) is 13.7 Å². The zero-order valence-electron chi connectivity index (χ0n) is 4.81. The third-order valence-electron chi connectivity index (χ3n) is 0.803. The number of hydrogen-bond acceptors (Lipinski definition) is 1. The molecule has 1 unspecified atom stereocenters. The Hall–Kier alpha value is 0.390. The molecule has 1 nitrogen and oxygen atoms in total. The third kappa shape index (κ3) is 6.39. The Morgan fingerprint density at radius 2 is 2.14 bits per heavy atom.